The van der Waals surface area contributed by atoms with Gasteiger partial charge < -0.3 is 4.74 Å². The predicted molar refractivity (Wildman–Crippen MR) is 170 cm³/mol. The summed E-state index contributed by atoms with van der Waals surface area (Å²) in [5.74, 6) is 1.81. The van der Waals surface area contributed by atoms with E-state index in [9.17, 15) is 0 Å². The monoisotopic (exact) mass is 535 g/mol. The van der Waals surface area contributed by atoms with Crippen LogP contribution in [-0.2, 0) is 5.41 Å². The van der Waals surface area contributed by atoms with Gasteiger partial charge in [-0.2, -0.15) is 0 Å². The minimum Gasteiger partial charge on any atom is -0.457 e. The first-order valence-electron chi connectivity index (χ1n) is 14.4. The van der Waals surface area contributed by atoms with Crippen LogP contribution in [-0.4, -0.2) is 4.98 Å². The smallest absolute Gasteiger partial charge is 0.132 e. The molecule has 9 rings (SSSR count). The van der Waals surface area contributed by atoms with E-state index in [1.807, 2.05) is 12.3 Å². The lowest BCUT2D eigenvalue weighted by Gasteiger charge is -2.39. The van der Waals surface area contributed by atoms with Crippen LogP contribution < -0.4 is 4.74 Å². The van der Waals surface area contributed by atoms with E-state index in [0.717, 1.165) is 44.7 Å². The highest BCUT2D eigenvalue weighted by atomic mass is 16.5. The Morgan fingerprint density at radius 2 is 1.02 bits per heavy atom. The van der Waals surface area contributed by atoms with Gasteiger partial charge in [0.05, 0.1) is 10.9 Å². The van der Waals surface area contributed by atoms with Crippen LogP contribution in [0.25, 0.3) is 44.3 Å². The quantitative estimate of drug-likeness (QED) is 0.220. The zero-order valence-corrected chi connectivity index (χ0v) is 22.8. The van der Waals surface area contributed by atoms with Crippen molar-refractivity contribution in [2.24, 2.45) is 0 Å². The number of rotatable bonds is 2. The Morgan fingerprint density at radius 1 is 0.429 bits per heavy atom. The third kappa shape index (κ3) is 3.12. The van der Waals surface area contributed by atoms with Crippen LogP contribution in [0, 0.1) is 0 Å². The maximum absolute atomic E-state index is 6.69. The van der Waals surface area contributed by atoms with Crippen molar-refractivity contribution in [3.63, 3.8) is 0 Å². The van der Waals surface area contributed by atoms with Gasteiger partial charge in [-0.25, -0.2) is 0 Å². The molecule has 2 nitrogen and oxygen atoms in total. The van der Waals surface area contributed by atoms with E-state index in [1.165, 1.54) is 33.4 Å². The summed E-state index contributed by atoms with van der Waals surface area (Å²) in [6.07, 6.45) is 1.86. The summed E-state index contributed by atoms with van der Waals surface area (Å²) in [6.45, 7) is 0. The Kier molecular flexibility index (Phi) is 4.85. The number of para-hydroxylation sites is 2. The molecule has 42 heavy (non-hydrogen) atoms. The molecule has 1 aromatic heterocycles. The number of nitrogens with zero attached hydrogens (tertiary/aromatic N) is 1. The minimum absolute atomic E-state index is 0.429. The van der Waals surface area contributed by atoms with E-state index in [0.29, 0.717) is 0 Å². The van der Waals surface area contributed by atoms with E-state index in [1.54, 1.807) is 0 Å². The van der Waals surface area contributed by atoms with Gasteiger partial charge in [-0.1, -0.05) is 127 Å². The van der Waals surface area contributed by atoms with E-state index in [4.69, 9.17) is 4.74 Å². The third-order valence-corrected chi connectivity index (χ3v) is 9.01. The van der Waals surface area contributed by atoms with E-state index >= 15 is 0 Å². The van der Waals surface area contributed by atoms with Gasteiger partial charge in [0.1, 0.15) is 11.5 Å². The van der Waals surface area contributed by atoms with Gasteiger partial charge >= 0.3 is 0 Å². The summed E-state index contributed by atoms with van der Waals surface area (Å²) in [6, 6.07) is 52.2. The maximum Gasteiger partial charge on any atom is 0.132 e. The van der Waals surface area contributed by atoms with E-state index < -0.39 is 5.41 Å². The van der Waals surface area contributed by atoms with Crippen molar-refractivity contribution in [1.82, 2.24) is 4.98 Å². The normalized spacial score (nSPS) is 13.6. The molecule has 0 N–H and O–H groups in total. The SMILES string of the molecule is c1ccc2c(c1)Oc1cc(-c3ccc(-c4cccc5cccnc45)cc3)ccc1C21c2ccccc2-c2ccccc21. The van der Waals surface area contributed by atoms with Crippen LogP contribution in [0.5, 0.6) is 11.5 Å². The standard InChI is InChI=1S/C40H25NO/c1-3-14-33-31(11-1)32-12-2-4-15-34(32)40(33)35-16-5-6-17-37(35)42-38-25-29(22-23-36(38)40)26-18-20-27(21-19-26)30-13-7-9-28-10-8-24-41-39(28)30/h1-25H. The second kappa shape index (κ2) is 8.76. The zero-order valence-electron chi connectivity index (χ0n) is 22.8. The summed E-state index contributed by atoms with van der Waals surface area (Å²) in [4.78, 5) is 4.66. The van der Waals surface area contributed by atoms with Crippen LogP contribution in [0.15, 0.2) is 152 Å². The third-order valence-electron chi connectivity index (χ3n) is 9.01. The van der Waals surface area contributed by atoms with Crippen molar-refractivity contribution in [2.75, 3.05) is 0 Å². The molecule has 0 saturated heterocycles. The molecule has 1 aliphatic carbocycles. The van der Waals surface area contributed by atoms with E-state index in [2.05, 4.69) is 145 Å². The van der Waals surface area contributed by atoms with Crippen molar-refractivity contribution in [3.05, 3.63) is 174 Å². The second-order valence-electron chi connectivity index (χ2n) is 11.1. The number of benzene rings is 6. The molecule has 1 spiro atoms. The highest BCUT2D eigenvalue weighted by Gasteiger charge is 2.50. The lowest BCUT2D eigenvalue weighted by Crippen LogP contribution is -2.32. The first kappa shape index (κ1) is 23.3. The molecule has 0 fully saturated rings. The molecular formula is C40H25NO. The Bertz CT molecular complexity index is 2130. The predicted octanol–water partition coefficient (Wildman–Crippen LogP) is 10.0. The Balaban J connectivity index is 1.21. The molecule has 2 heterocycles. The Labute approximate surface area is 244 Å². The highest BCUT2D eigenvalue weighted by molar-refractivity contribution is 5.94. The number of pyridine rings is 1. The molecule has 2 heteroatoms. The first-order valence-corrected chi connectivity index (χ1v) is 14.4. The fourth-order valence-corrected chi connectivity index (χ4v) is 7.22. The zero-order chi connectivity index (χ0) is 27.7. The van der Waals surface area contributed by atoms with Crippen molar-refractivity contribution < 1.29 is 4.74 Å². The lowest BCUT2D eigenvalue weighted by atomic mass is 9.66. The topological polar surface area (TPSA) is 22.1 Å². The van der Waals surface area contributed by atoms with Gasteiger partial charge in [-0.15, -0.1) is 0 Å². The molecule has 2 aliphatic rings. The first-order chi connectivity index (χ1) is 20.8. The van der Waals surface area contributed by atoms with Crippen LogP contribution in [0.2, 0.25) is 0 Å². The van der Waals surface area contributed by atoms with Crippen LogP contribution in [0.4, 0.5) is 0 Å². The maximum atomic E-state index is 6.69. The molecule has 0 atom stereocenters. The van der Waals surface area contributed by atoms with Gasteiger partial charge in [-0.3, -0.25) is 4.98 Å². The number of hydrogen-bond donors (Lipinski definition) is 0. The van der Waals surface area contributed by atoms with Gasteiger partial charge in [0.2, 0.25) is 0 Å². The lowest BCUT2D eigenvalue weighted by molar-refractivity contribution is 0.436. The van der Waals surface area contributed by atoms with Gasteiger partial charge in [-0.05, 0) is 57.1 Å². The number of hydrogen-bond acceptors (Lipinski definition) is 2. The fourth-order valence-electron chi connectivity index (χ4n) is 7.22. The molecule has 0 amide bonds. The summed E-state index contributed by atoms with van der Waals surface area (Å²) in [7, 11) is 0. The van der Waals surface area contributed by atoms with Crippen molar-refractivity contribution in [2.45, 2.75) is 5.41 Å². The van der Waals surface area contributed by atoms with Crippen molar-refractivity contribution in [3.8, 4) is 44.9 Å². The van der Waals surface area contributed by atoms with Crippen LogP contribution in [0.3, 0.4) is 0 Å². The Hall–Kier alpha value is -5.47. The summed E-state index contributed by atoms with van der Waals surface area (Å²) in [5, 5.41) is 1.15. The minimum atomic E-state index is -0.429. The van der Waals surface area contributed by atoms with E-state index in [-0.39, 0.29) is 0 Å². The van der Waals surface area contributed by atoms with Gasteiger partial charge in [0.15, 0.2) is 0 Å². The largest absolute Gasteiger partial charge is 0.457 e. The fraction of sp³-hybridized carbons (Fsp3) is 0.0250. The summed E-state index contributed by atoms with van der Waals surface area (Å²) < 4.78 is 6.69. The van der Waals surface area contributed by atoms with Gasteiger partial charge in [0, 0.05) is 28.3 Å². The van der Waals surface area contributed by atoms with Crippen molar-refractivity contribution >= 4 is 10.9 Å². The van der Waals surface area contributed by atoms with Gasteiger partial charge in [0.25, 0.3) is 0 Å². The van der Waals surface area contributed by atoms with Crippen LogP contribution in [0.1, 0.15) is 22.3 Å². The van der Waals surface area contributed by atoms with Crippen LogP contribution >= 0.6 is 0 Å². The summed E-state index contributed by atoms with van der Waals surface area (Å²) >= 11 is 0. The molecule has 0 radical (unpaired) electrons. The Morgan fingerprint density at radius 3 is 1.81 bits per heavy atom. The molecule has 0 unspecified atom stereocenters. The molecule has 0 saturated carbocycles. The molecule has 196 valence electrons. The van der Waals surface area contributed by atoms with Crippen molar-refractivity contribution in [1.29, 1.82) is 0 Å². The second-order valence-corrected chi connectivity index (χ2v) is 11.1. The number of aromatic nitrogens is 1. The highest BCUT2D eigenvalue weighted by Crippen LogP contribution is 2.62. The number of fused-ring (bicyclic) bond motifs is 10. The molecular weight excluding hydrogens is 510 g/mol. The average molecular weight is 536 g/mol. The molecule has 1 aliphatic heterocycles. The molecule has 7 aromatic rings. The number of ether oxygens (including phenoxy) is 1. The average Bonchev–Trinajstić information content (AvgIpc) is 3.35. The molecule has 0 bridgehead atoms. The molecule has 6 aromatic carbocycles. The summed E-state index contributed by atoms with van der Waals surface area (Å²) in [5.41, 5.74) is 12.7.